The Labute approximate surface area is 507 Å². The van der Waals surface area contributed by atoms with Gasteiger partial charge in [-0.25, -0.2) is 0 Å². The van der Waals surface area contributed by atoms with Crippen molar-refractivity contribution in [2.24, 2.45) is 0 Å². The Morgan fingerprint density at radius 2 is 0.747 bits per heavy atom. The zero-order chi connectivity index (χ0) is 60.2. The predicted molar refractivity (Wildman–Crippen MR) is 337 cm³/mol. The molecule has 14 heteroatoms. The normalized spacial score (nSPS) is 23.8. The van der Waals surface area contributed by atoms with Crippen molar-refractivity contribution in [1.29, 1.82) is 0 Å². The van der Waals surface area contributed by atoms with Gasteiger partial charge < -0.3 is 65.1 Å². The van der Waals surface area contributed by atoms with E-state index in [1.54, 1.807) is 6.08 Å². The van der Waals surface area contributed by atoms with Gasteiger partial charge in [0.2, 0.25) is 5.91 Å². The van der Waals surface area contributed by atoms with E-state index in [2.05, 4.69) is 19.2 Å². The molecule has 2 aliphatic heterocycles. The lowest BCUT2D eigenvalue weighted by atomic mass is 9.97. The predicted octanol–water partition coefficient (Wildman–Crippen LogP) is 14.2. The highest BCUT2D eigenvalue weighted by Crippen LogP contribution is 2.30. The fourth-order valence-electron chi connectivity index (χ4n) is 12.1. The Bertz CT molecular complexity index is 1440. The van der Waals surface area contributed by atoms with E-state index in [9.17, 15) is 45.6 Å². The first-order valence-electron chi connectivity index (χ1n) is 35.4. The van der Waals surface area contributed by atoms with Gasteiger partial charge in [-0.2, -0.15) is 0 Å². The van der Waals surface area contributed by atoms with Crippen LogP contribution in [0.15, 0.2) is 12.2 Å². The molecule has 2 fully saturated rings. The summed E-state index contributed by atoms with van der Waals surface area (Å²) >= 11 is 0. The van der Waals surface area contributed by atoms with Gasteiger partial charge in [-0.15, -0.1) is 0 Å². The number of carbonyl (C=O) groups is 1. The number of aliphatic hydroxyl groups is 8. The second kappa shape index (κ2) is 54.8. The van der Waals surface area contributed by atoms with Gasteiger partial charge in [-0.3, -0.25) is 4.79 Å². The van der Waals surface area contributed by atoms with Crippen LogP contribution >= 0.6 is 0 Å². The number of ether oxygens (including phenoxy) is 4. The molecule has 9 N–H and O–H groups in total. The number of hydrogen-bond acceptors (Lipinski definition) is 13. The molecule has 14 nitrogen and oxygen atoms in total. The van der Waals surface area contributed by atoms with Crippen molar-refractivity contribution in [3.63, 3.8) is 0 Å². The van der Waals surface area contributed by atoms with E-state index in [1.165, 1.54) is 263 Å². The number of hydrogen-bond donors (Lipinski definition) is 9. The van der Waals surface area contributed by atoms with Crippen molar-refractivity contribution >= 4 is 5.91 Å². The van der Waals surface area contributed by atoms with E-state index in [4.69, 9.17) is 18.9 Å². The van der Waals surface area contributed by atoms with Crippen molar-refractivity contribution in [1.82, 2.24) is 5.32 Å². The summed E-state index contributed by atoms with van der Waals surface area (Å²) in [7, 11) is 0. The summed E-state index contributed by atoms with van der Waals surface area (Å²) in [5.41, 5.74) is 0. The monoisotopic (exact) mass is 1180 g/mol. The Morgan fingerprint density at radius 1 is 0.422 bits per heavy atom. The third kappa shape index (κ3) is 39.4. The lowest BCUT2D eigenvalue weighted by Gasteiger charge is -2.46. The molecule has 2 rings (SSSR count). The number of allylic oxidation sites excluding steroid dienone is 1. The fraction of sp³-hybridized carbons (Fsp3) is 0.957. The van der Waals surface area contributed by atoms with Gasteiger partial charge in [0.1, 0.15) is 48.8 Å². The molecule has 2 heterocycles. The highest BCUT2D eigenvalue weighted by atomic mass is 16.7. The number of nitrogens with one attached hydrogen (secondary N) is 1. The molecule has 0 bridgehead atoms. The average molecular weight is 1180 g/mol. The van der Waals surface area contributed by atoms with Crippen LogP contribution in [0.25, 0.3) is 0 Å². The van der Waals surface area contributed by atoms with Crippen LogP contribution in [-0.2, 0) is 23.7 Å². The molecule has 1 amide bonds. The fourth-order valence-corrected chi connectivity index (χ4v) is 12.1. The van der Waals surface area contributed by atoms with Crippen molar-refractivity contribution < 1.29 is 64.6 Å². The van der Waals surface area contributed by atoms with E-state index >= 15 is 0 Å². The maximum absolute atomic E-state index is 13.3. The topological polar surface area (TPSA) is 228 Å². The largest absolute Gasteiger partial charge is 0.394 e. The van der Waals surface area contributed by atoms with Gasteiger partial charge in [0.05, 0.1) is 32.0 Å². The standard InChI is InChI=1S/C69H133NO13/c1-3-5-7-9-11-13-15-17-19-20-21-22-23-24-25-26-27-28-29-30-31-32-33-34-35-36-37-39-41-43-45-47-49-51-53-61(74)70-57(58(73)52-50-48-46-44-42-40-38-18-16-14-12-10-8-6-4-2)56-80-68-66(79)64(77)67(60(55-72)82-68)83-69-65(78)63(76)62(75)59(54-71)81-69/h50,52,57-60,62-69,71-73,75-79H,3-49,51,53-56H2,1-2H3,(H,70,74)/b52-50+/t57-,58+,59+,60+,62-,63?,64?,65?,66?,67+,68+,69-/m0/s1. The maximum Gasteiger partial charge on any atom is 0.220 e. The van der Waals surface area contributed by atoms with Gasteiger partial charge >= 0.3 is 0 Å². The van der Waals surface area contributed by atoms with Gasteiger partial charge in [0.15, 0.2) is 12.6 Å². The SMILES string of the molecule is CCCCCCCCCCCCCCC/C=C/[C@@H](O)[C@H](CO[C@@H]1O[C@H](CO)[C@@H](O[C@@H]2O[C@H](CO)[C@H](O)C(O)C2O)C(O)C1O)NC(=O)CCCCCCCCCCCCCCCCCCCCCCCCCCCCCCCCCCCC. The zero-order valence-electron chi connectivity index (χ0n) is 53.5. The minimum atomic E-state index is -1.79. The van der Waals surface area contributed by atoms with Crippen LogP contribution in [0.2, 0.25) is 0 Å². The molecule has 83 heavy (non-hydrogen) atoms. The second-order valence-corrected chi connectivity index (χ2v) is 25.4. The Morgan fingerprint density at radius 3 is 1.11 bits per heavy atom. The van der Waals surface area contributed by atoms with Gasteiger partial charge in [0, 0.05) is 6.42 Å². The van der Waals surface area contributed by atoms with Gasteiger partial charge in [0.25, 0.3) is 0 Å². The van der Waals surface area contributed by atoms with Crippen LogP contribution in [0, 0.1) is 0 Å². The summed E-state index contributed by atoms with van der Waals surface area (Å²) < 4.78 is 22.8. The first-order chi connectivity index (χ1) is 40.6. The van der Waals surface area contributed by atoms with Crippen molar-refractivity contribution in [2.75, 3.05) is 19.8 Å². The van der Waals surface area contributed by atoms with Gasteiger partial charge in [-0.1, -0.05) is 315 Å². The third-order valence-electron chi connectivity index (χ3n) is 17.7. The highest BCUT2D eigenvalue weighted by Gasteiger charge is 2.51. The van der Waals surface area contributed by atoms with Crippen molar-refractivity contribution in [3.8, 4) is 0 Å². The van der Waals surface area contributed by atoms with E-state index in [0.717, 1.165) is 38.5 Å². The second-order valence-electron chi connectivity index (χ2n) is 25.4. The summed E-state index contributed by atoms with van der Waals surface area (Å²) in [6.45, 7) is 2.84. The highest BCUT2D eigenvalue weighted by molar-refractivity contribution is 5.76. The molecule has 0 saturated carbocycles. The zero-order valence-corrected chi connectivity index (χ0v) is 53.5. The molecule has 2 aliphatic rings. The number of amides is 1. The van der Waals surface area contributed by atoms with E-state index < -0.39 is 86.8 Å². The molecule has 0 aliphatic carbocycles. The lowest BCUT2D eigenvalue weighted by molar-refractivity contribution is -0.359. The molecule has 4 unspecified atom stereocenters. The van der Waals surface area contributed by atoms with Gasteiger partial charge in [-0.05, 0) is 19.3 Å². The smallest absolute Gasteiger partial charge is 0.220 e. The summed E-state index contributed by atoms with van der Waals surface area (Å²) in [5, 5.41) is 87.3. The van der Waals surface area contributed by atoms with E-state index in [1.807, 2.05) is 6.08 Å². The minimum absolute atomic E-state index is 0.232. The number of unbranched alkanes of at least 4 members (excludes halogenated alkanes) is 46. The van der Waals surface area contributed by atoms with Crippen LogP contribution in [0.4, 0.5) is 0 Å². The maximum atomic E-state index is 13.3. The third-order valence-corrected chi connectivity index (χ3v) is 17.7. The summed E-state index contributed by atoms with van der Waals surface area (Å²) in [4.78, 5) is 13.3. The summed E-state index contributed by atoms with van der Waals surface area (Å²) in [6, 6.07) is -0.910. The first kappa shape index (κ1) is 77.8. The summed E-state index contributed by atoms with van der Waals surface area (Å²) in [5.74, 6) is -0.232. The lowest BCUT2D eigenvalue weighted by Crippen LogP contribution is -2.65. The van der Waals surface area contributed by atoms with Crippen molar-refractivity contribution in [3.05, 3.63) is 12.2 Å². The molecule has 0 aromatic carbocycles. The molecule has 12 atom stereocenters. The van der Waals surface area contributed by atoms with Crippen molar-refractivity contribution in [2.45, 2.75) is 402 Å². The molecular weight excluding hydrogens is 1050 g/mol. The first-order valence-corrected chi connectivity index (χ1v) is 35.4. The quantitative estimate of drug-likeness (QED) is 0.0204. The molecular formula is C69H133NO13. The molecule has 0 spiro atoms. The molecule has 492 valence electrons. The van der Waals surface area contributed by atoms with Crippen LogP contribution in [-0.4, -0.2) is 140 Å². The Hall–Kier alpha value is -1.27. The molecule has 0 aromatic heterocycles. The molecule has 0 radical (unpaired) electrons. The van der Waals surface area contributed by atoms with Crippen LogP contribution in [0.1, 0.15) is 328 Å². The molecule has 0 aromatic rings. The molecule has 2 saturated heterocycles. The Kier molecular flexibility index (Phi) is 51.4. The van der Waals surface area contributed by atoms with Crippen LogP contribution in [0.5, 0.6) is 0 Å². The Balaban J connectivity index is 1.60. The average Bonchev–Trinajstić information content (AvgIpc) is 3.65. The van der Waals surface area contributed by atoms with E-state index in [-0.39, 0.29) is 18.9 Å². The number of rotatable bonds is 59. The van der Waals surface area contributed by atoms with E-state index in [0.29, 0.717) is 6.42 Å². The number of aliphatic hydroxyl groups excluding tert-OH is 8. The van der Waals surface area contributed by atoms with Crippen LogP contribution in [0.3, 0.4) is 0 Å². The summed E-state index contributed by atoms with van der Waals surface area (Å²) in [6.07, 6.45) is 50.1. The number of carbonyl (C=O) groups excluding carboxylic acids is 1. The van der Waals surface area contributed by atoms with Crippen LogP contribution < -0.4 is 5.32 Å². The minimum Gasteiger partial charge on any atom is -0.394 e.